The second-order valence-corrected chi connectivity index (χ2v) is 9.46. The number of halogens is 1. The fraction of sp³-hybridized carbons (Fsp3) is 0.143. The molecule has 5 rings (SSSR count). The van der Waals surface area contributed by atoms with Gasteiger partial charge in [0.25, 0.3) is 0 Å². The van der Waals surface area contributed by atoms with Crippen molar-refractivity contribution in [3.63, 3.8) is 0 Å². The van der Waals surface area contributed by atoms with Crippen molar-refractivity contribution in [3.05, 3.63) is 107 Å². The minimum absolute atomic E-state index is 0.0959. The number of rotatable bonds is 7. The largest absolute Gasteiger partial charge is 0.481 e. The molecule has 3 aromatic carbocycles. The second kappa shape index (κ2) is 10.3. The van der Waals surface area contributed by atoms with Gasteiger partial charge in [-0.25, -0.2) is 9.48 Å². The number of hydrazine groups is 1. The molecule has 0 radical (unpaired) electrons. The summed E-state index contributed by atoms with van der Waals surface area (Å²) in [6.07, 6.45) is 2.21. The molecule has 0 saturated carbocycles. The van der Waals surface area contributed by atoms with Crippen LogP contribution in [0.25, 0.3) is 16.9 Å². The quantitative estimate of drug-likeness (QED) is 0.315. The molecule has 1 aliphatic heterocycles. The fourth-order valence-corrected chi connectivity index (χ4v) is 4.78. The summed E-state index contributed by atoms with van der Waals surface area (Å²) in [6.45, 7) is 0. The van der Waals surface area contributed by atoms with Gasteiger partial charge in [0, 0.05) is 27.4 Å². The Kier molecular flexibility index (Phi) is 6.77. The number of nitrogens with one attached hydrogen (secondary N) is 1. The topological polar surface area (TPSA) is 87.2 Å². The number of amides is 1. The van der Waals surface area contributed by atoms with Gasteiger partial charge in [0.05, 0.1) is 30.6 Å². The summed E-state index contributed by atoms with van der Waals surface area (Å²) in [4.78, 5) is 24.2. The number of benzene rings is 3. The molecule has 0 saturated heterocycles. The number of hydrogen-bond donors (Lipinski definition) is 2. The van der Waals surface area contributed by atoms with E-state index in [-0.39, 0.29) is 24.8 Å². The molecular weight excluding hydrogens is 520 g/mol. The Morgan fingerprint density at radius 1 is 0.972 bits per heavy atom. The summed E-state index contributed by atoms with van der Waals surface area (Å²) in [7, 11) is 0. The van der Waals surface area contributed by atoms with Gasteiger partial charge in [0.2, 0.25) is 5.71 Å². The number of carboxylic acids is 1. The molecule has 0 spiro atoms. The molecule has 7 nitrogen and oxygen atoms in total. The van der Waals surface area contributed by atoms with E-state index in [2.05, 4.69) is 21.4 Å². The van der Waals surface area contributed by atoms with Gasteiger partial charge in [-0.2, -0.15) is 10.5 Å². The third-order valence-electron chi connectivity index (χ3n) is 6.10. The van der Waals surface area contributed by atoms with Gasteiger partial charge in [-0.15, -0.1) is 0 Å². The van der Waals surface area contributed by atoms with Crippen molar-refractivity contribution in [2.75, 3.05) is 0 Å². The Labute approximate surface area is 216 Å². The van der Waals surface area contributed by atoms with Gasteiger partial charge in [-0.1, -0.05) is 70.5 Å². The van der Waals surface area contributed by atoms with E-state index >= 15 is 0 Å². The highest BCUT2D eigenvalue weighted by Crippen LogP contribution is 2.33. The van der Waals surface area contributed by atoms with Crippen LogP contribution in [0.5, 0.6) is 0 Å². The molecule has 180 valence electrons. The smallest absolute Gasteiger partial charge is 0.415 e. The van der Waals surface area contributed by atoms with Gasteiger partial charge in [-0.05, 0) is 35.0 Å². The molecule has 1 aromatic heterocycles. The van der Waals surface area contributed by atoms with Crippen LogP contribution in [-0.2, 0) is 9.59 Å². The van der Waals surface area contributed by atoms with Crippen molar-refractivity contribution in [3.8, 4) is 16.9 Å². The maximum absolute atomic E-state index is 13.1. The van der Waals surface area contributed by atoms with Crippen LogP contribution in [0.4, 0.5) is 0 Å². The molecule has 1 unspecified atom stereocenters. The first-order valence-corrected chi connectivity index (χ1v) is 12.4. The maximum Gasteiger partial charge on any atom is 0.415 e. The Morgan fingerprint density at radius 3 is 2.36 bits per heavy atom. The number of para-hydroxylation sites is 1. The fourth-order valence-electron chi connectivity index (χ4n) is 4.38. The van der Waals surface area contributed by atoms with Crippen molar-refractivity contribution in [1.82, 2.24) is 15.2 Å². The highest BCUT2D eigenvalue weighted by Gasteiger charge is 2.39. The van der Waals surface area contributed by atoms with Crippen molar-refractivity contribution < 1.29 is 19.4 Å². The van der Waals surface area contributed by atoms with Crippen LogP contribution in [0, 0.1) is 0 Å². The van der Waals surface area contributed by atoms with E-state index in [1.54, 1.807) is 0 Å². The third-order valence-corrected chi connectivity index (χ3v) is 6.59. The number of hydrazone groups is 1. The number of carbonyl (C=O) groups is 2. The molecule has 2 N–H and O–H groups in total. The zero-order chi connectivity index (χ0) is 25.1. The van der Waals surface area contributed by atoms with E-state index in [4.69, 9.17) is 10.2 Å². The predicted octanol–water partition coefficient (Wildman–Crippen LogP) is 5.14. The summed E-state index contributed by atoms with van der Waals surface area (Å²) in [5, 5.41) is 14.0. The van der Waals surface area contributed by atoms with Crippen molar-refractivity contribution in [1.29, 1.82) is 0 Å². The van der Waals surface area contributed by atoms with Gasteiger partial charge in [-0.3, -0.25) is 4.79 Å². The Hall–Kier alpha value is -4.04. The maximum atomic E-state index is 13.1. The van der Waals surface area contributed by atoms with Crippen LogP contribution in [0.3, 0.4) is 0 Å². The molecule has 1 aliphatic rings. The van der Waals surface area contributed by atoms with Crippen molar-refractivity contribution in [2.24, 2.45) is 0 Å². The average molecular weight is 544 g/mol. The summed E-state index contributed by atoms with van der Waals surface area (Å²) in [5.41, 5.74) is 8.73. The first kappa shape index (κ1) is 23.7. The van der Waals surface area contributed by atoms with Crippen LogP contribution in [0.15, 0.2) is 95.6 Å². The highest BCUT2D eigenvalue weighted by molar-refractivity contribution is 9.10. The molecule has 0 fully saturated rings. The van der Waals surface area contributed by atoms with Gasteiger partial charge in [0.1, 0.15) is 6.04 Å². The van der Waals surface area contributed by atoms with E-state index in [0.29, 0.717) is 6.42 Å². The Balaban J connectivity index is 1.56. The molecule has 36 heavy (non-hydrogen) atoms. The van der Waals surface area contributed by atoms with E-state index in [1.807, 2.05) is 95.8 Å². The number of carbonyl (C=O) groups excluding carboxylic acids is 1. The SMILES string of the molecule is O=C(O)CCC(=O)[N+]1=C(c2cccc(Br)c2)CC(c2cn(-c3ccccc3)nc2-c2ccccc2)N1. The van der Waals surface area contributed by atoms with Crippen molar-refractivity contribution >= 4 is 33.5 Å². The van der Waals surface area contributed by atoms with Crippen molar-refractivity contribution in [2.45, 2.75) is 25.3 Å². The number of hydrogen-bond acceptors (Lipinski definition) is 4. The van der Waals surface area contributed by atoms with Crippen LogP contribution in [0.2, 0.25) is 0 Å². The summed E-state index contributed by atoms with van der Waals surface area (Å²) in [6, 6.07) is 27.4. The van der Waals surface area contributed by atoms with Gasteiger partial charge in [0.15, 0.2) is 0 Å². The van der Waals surface area contributed by atoms with E-state index in [1.165, 1.54) is 4.68 Å². The lowest BCUT2D eigenvalue weighted by molar-refractivity contribution is -0.506. The normalized spacial score (nSPS) is 15.1. The molecule has 1 atom stereocenters. The summed E-state index contributed by atoms with van der Waals surface area (Å²) < 4.78 is 4.27. The van der Waals surface area contributed by atoms with Crippen LogP contribution in [-0.4, -0.2) is 37.2 Å². The van der Waals surface area contributed by atoms with Crippen LogP contribution in [0.1, 0.15) is 36.4 Å². The zero-order valence-electron chi connectivity index (χ0n) is 19.3. The van der Waals surface area contributed by atoms with E-state index in [0.717, 1.165) is 38.3 Å². The number of aliphatic carboxylic acids is 1. The van der Waals surface area contributed by atoms with E-state index in [9.17, 15) is 9.59 Å². The number of nitrogens with zero attached hydrogens (tertiary/aromatic N) is 3. The highest BCUT2D eigenvalue weighted by atomic mass is 79.9. The van der Waals surface area contributed by atoms with Crippen LogP contribution >= 0.6 is 15.9 Å². The van der Waals surface area contributed by atoms with E-state index < -0.39 is 5.97 Å². The minimum atomic E-state index is -1.00. The monoisotopic (exact) mass is 543 g/mol. The Bertz CT molecular complexity index is 1450. The molecule has 8 heteroatoms. The lowest BCUT2D eigenvalue weighted by atomic mass is 9.97. The number of carboxylic acid groups (broad SMARTS) is 1. The lowest BCUT2D eigenvalue weighted by Crippen LogP contribution is -2.34. The standard InChI is InChI=1S/C28H23BrN4O3/c29-21-11-7-10-20(16-21)25-17-24(30-33(25)26(34)14-15-27(35)36)23-18-32(22-12-5-2-6-13-22)31-28(23)19-8-3-1-4-9-19/h1-13,16,18,24,30H,14-15,17H2/p+1. The molecule has 4 aromatic rings. The lowest BCUT2D eigenvalue weighted by Gasteiger charge is -2.08. The third kappa shape index (κ3) is 4.99. The van der Waals surface area contributed by atoms with Gasteiger partial charge >= 0.3 is 11.9 Å². The molecule has 2 heterocycles. The first-order valence-electron chi connectivity index (χ1n) is 11.6. The van der Waals surface area contributed by atoms with Gasteiger partial charge < -0.3 is 5.11 Å². The molecular formula is C28H24BrN4O3+. The summed E-state index contributed by atoms with van der Waals surface area (Å²) in [5.74, 6) is -1.29. The number of aromatic nitrogens is 2. The van der Waals surface area contributed by atoms with Crippen LogP contribution < -0.4 is 5.43 Å². The predicted molar refractivity (Wildman–Crippen MR) is 140 cm³/mol. The summed E-state index contributed by atoms with van der Waals surface area (Å²) >= 11 is 3.52. The average Bonchev–Trinajstić information content (AvgIpc) is 3.54. The molecule has 1 amide bonds. The first-order chi connectivity index (χ1) is 17.5. The second-order valence-electron chi connectivity index (χ2n) is 8.54. The Morgan fingerprint density at radius 2 is 1.67 bits per heavy atom. The molecule has 0 bridgehead atoms. The molecule has 0 aliphatic carbocycles. The minimum Gasteiger partial charge on any atom is -0.481 e. The zero-order valence-corrected chi connectivity index (χ0v) is 20.9.